The molecule has 2 aromatic carbocycles. The Kier molecular flexibility index (Phi) is 3.98. The molecule has 0 radical (unpaired) electrons. The summed E-state index contributed by atoms with van der Waals surface area (Å²) < 4.78 is 1.51. The molecular formula is C18H12ClN5O2. The second-order valence-electron chi connectivity index (χ2n) is 5.48. The molecule has 1 amide bonds. The molecule has 2 aromatic heterocycles. The molecule has 26 heavy (non-hydrogen) atoms. The number of anilines is 1. The molecule has 0 aliphatic rings. The largest absolute Gasteiger partial charge is 0.320 e. The van der Waals surface area contributed by atoms with E-state index < -0.39 is 0 Å². The lowest BCUT2D eigenvalue weighted by Crippen LogP contribution is -2.15. The number of para-hydroxylation sites is 2. The van der Waals surface area contributed by atoms with Gasteiger partial charge in [0.1, 0.15) is 5.39 Å². The monoisotopic (exact) mass is 365 g/mol. The van der Waals surface area contributed by atoms with Crippen molar-refractivity contribution < 1.29 is 4.79 Å². The first-order valence-corrected chi connectivity index (χ1v) is 8.09. The fourth-order valence-electron chi connectivity index (χ4n) is 2.63. The molecule has 0 aliphatic heterocycles. The number of H-pyrrole nitrogens is 1. The Bertz CT molecular complexity index is 1180. The van der Waals surface area contributed by atoms with Gasteiger partial charge in [0.25, 0.3) is 11.5 Å². The third-order valence-electron chi connectivity index (χ3n) is 3.87. The van der Waals surface area contributed by atoms with Crippen molar-refractivity contribution in [1.82, 2.24) is 19.7 Å². The lowest BCUT2D eigenvalue weighted by Gasteiger charge is -2.12. The molecule has 0 saturated heterocycles. The molecule has 0 spiro atoms. The zero-order valence-electron chi connectivity index (χ0n) is 13.3. The van der Waals surface area contributed by atoms with Crippen LogP contribution in [0.5, 0.6) is 0 Å². The summed E-state index contributed by atoms with van der Waals surface area (Å²) in [7, 11) is 0. The van der Waals surface area contributed by atoms with Gasteiger partial charge in [0.15, 0.2) is 5.65 Å². The molecule has 2 heterocycles. The van der Waals surface area contributed by atoms with Gasteiger partial charge in [0, 0.05) is 0 Å². The van der Waals surface area contributed by atoms with Crippen LogP contribution >= 0.6 is 11.6 Å². The number of hydrogen-bond acceptors (Lipinski definition) is 4. The van der Waals surface area contributed by atoms with Crippen molar-refractivity contribution in [2.75, 3.05) is 5.32 Å². The number of hydrogen-bond donors (Lipinski definition) is 2. The number of aromatic amines is 1. The Morgan fingerprint density at radius 2 is 1.88 bits per heavy atom. The summed E-state index contributed by atoms with van der Waals surface area (Å²) in [5.74, 6) is -0.342. The van der Waals surface area contributed by atoms with Crippen molar-refractivity contribution in [3.63, 3.8) is 0 Å². The summed E-state index contributed by atoms with van der Waals surface area (Å²) >= 11 is 6.09. The first-order valence-electron chi connectivity index (χ1n) is 7.72. The highest BCUT2D eigenvalue weighted by Crippen LogP contribution is 2.24. The summed E-state index contributed by atoms with van der Waals surface area (Å²) in [5, 5.41) is 7.80. The Labute approximate surface area is 152 Å². The van der Waals surface area contributed by atoms with Crippen molar-refractivity contribution in [3.8, 4) is 5.69 Å². The van der Waals surface area contributed by atoms with Gasteiger partial charge >= 0.3 is 0 Å². The predicted octanol–water partition coefficient (Wildman–Crippen LogP) is 3.01. The average Bonchev–Trinajstić information content (AvgIpc) is 3.08. The minimum atomic E-state index is -0.342. The maximum absolute atomic E-state index is 12.6. The lowest BCUT2D eigenvalue weighted by atomic mass is 10.2. The molecule has 0 bridgehead atoms. The van der Waals surface area contributed by atoms with E-state index in [1.165, 1.54) is 17.2 Å². The molecule has 0 fully saturated rings. The molecule has 4 rings (SSSR count). The molecule has 7 nitrogen and oxygen atoms in total. The van der Waals surface area contributed by atoms with Crippen LogP contribution in [0.1, 0.15) is 10.4 Å². The third kappa shape index (κ3) is 2.74. The fraction of sp³-hybridized carbons (Fsp3) is 0. The molecular weight excluding hydrogens is 354 g/mol. The molecule has 2 N–H and O–H groups in total. The Morgan fingerprint density at radius 3 is 2.73 bits per heavy atom. The van der Waals surface area contributed by atoms with Gasteiger partial charge in [-0.1, -0.05) is 35.9 Å². The van der Waals surface area contributed by atoms with Crippen LogP contribution in [-0.2, 0) is 0 Å². The Hall–Kier alpha value is -3.45. The van der Waals surface area contributed by atoms with Crippen LogP contribution in [-0.4, -0.2) is 25.7 Å². The van der Waals surface area contributed by atoms with Crippen LogP contribution < -0.4 is 10.9 Å². The second kappa shape index (κ2) is 6.45. The van der Waals surface area contributed by atoms with Crippen molar-refractivity contribution in [1.29, 1.82) is 0 Å². The van der Waals surface area contributed by atoms with E-state index in [1.807, 2.05) is 0 Å². The van der Waals surface area contributed by atoms with Gasteiger partial charge in [-0.15, -0.1) is 0 Å². The molecule has 0 atom stereocenters. The number of rotatable bonds is 3. The molecule has 128 valence electrons. The topological polar surface area (TPSA) is 92.7 Å². The SMILES string of the molecule is O=C(Nc1ccccc1-n1ncc2c(=O)[nH]cnc21)c1ccccc1Cl. The predicted molar refractivity (Wildman–Crippen MR) is 98.9 cm³/mol. The first-order chi connectivity index (χ1) is 12.6. The number of carbonyl (C=O) groups excluding carboxylic acids is 1. The summed E-state index contributed by atoms with van der Waals surface area (Å²) in [6, 6.07) is 13.9. The number of nitrogens with zero attached hydrogens (tertiary/aromatic N) is 3. The smallest absolute Gasteiger partial charge is 0.261 e. The van der Waals surface area contributed by atoms with Crippen LogP contribution in [0.4, 0.5) is 5.69 Å². The minimum absolute atomic E-state index is 0.279. The summed E-state index contributed by atoms with van der Waals surface area (Å²) in [6.45, 7) is 0. The van der Waals surface area contributed by atoms with E-state index in [0.717, 1.165) is 0 Å². The summed E-state index contributed by atoms with van der Waals surface area (Å²) in [4.78, 5) is 31.1. The van der Waals surface area contributed by atoms with Gasteiger partial charge in [0.05, 0.1) is 34.5 Å². The zero-order chi connectivity index (χ0) is 18.1. The molecule has 0 saturated carbocycles. The van der Waals surface area contributed by atoms with E-state index in [-0.39, 0.29) is 11.5 Å². The normalized spacial score (nSPS) is 10.8. The van der Waals surface area contributed by atoms with E-state index in [9.17, 15) is 9.59 Å². The molecule has 0 unspecified atom stereocenters. The van der Waals surface area contributed by atoms with Gasteiger partial charge < -0.3 is 10.3 Å². The number of benzene rings is 2. The second-order valence-corrected chi connectivity index (χ2v) is 5.88. The van der Waals surface area contributed by atoms with E-state index in [2.05, 4.69) is 20.4 Å². The molecule has 4 aromatic rings. The van der Waals surface area contributed by atoms with Crippen molar-refractivity contribution in [2.45, 2.75) is 0 Å². The van der Waals surface area contributed by atoms with Crippen LogP contribution in [0, 0.1) is 0 Å². The standard InChI is InChI=1S/C18H12ClN5O2/c19-13-6-2-1-5-11(13)18(26)23-14-7-3-4-8-15(14)24-16-12(9-22-24)17(25)21-10-20-16/h1-10H,(H,23,26)(H,20,21,25). The number of carbonyl (C=O) groups is 1. The fourth-order valence-corrected chi connectivity index (χ4v) is 2.85. The number of nitrogens with one attached hydrogen (secondary N) is 2. The average molecular weight is 366 g/mol. The van der Waals surface area contributed by atoms with Gasteiger partial charge in [-0.3, -0.25) is 9.59 Å². The van der Waals surface area contributed by atoms with Crippen molar-refractivity contribution in [3.05, 3.63) is 82.0 Å². The summed E-state index contributed by atoms with van der Waals surface area (Å²) in [6.07, 6.45) is 2.75. The highest BCUT2D eigenvalue weighted by atomic mass is 35.5. The maximum atomic E-state index is 12.6. The quantitative estimate of drug-likeness (QED) is 0.583. The number of aromatic nitrogens is 4. The van der Waals surface area contributed by atoms with E-state index in [1.54, 1.807) is 48.5 Å². The van der Waals surface area contributed by atoms with Crippen LogP contribution in [0.25, 0.3) is 16.7 Å². The van der Waals surface area contributed by atoms with Gasteiger partial charge in [-0.05, 0) is 24.3 Å². The summed E-state index contributed by atoms with van der Waals surface area (Å²) in [5.41, 5.74) is 1.58. The van der Waals surface area contributed by atoms with Gasteiger partial charge in [-0.25, -0.2) is 9.67 Å². The number of fused-ring (bicyclic) bond motifs is 1. The van der Waals surface area contributed by atoms with Crippen molar-refractivity contribution >= 4 is 34.2 Å². The number of halogens is 1. The van der Waals surface area contributed by atoms with E-state index in [0.29, 0.717) is 33.0 Å². The highest BCUT2D eigenvalue weighted by molar-refractivity contribution is 6.34. The van der Waals surface area contributed by atoms with E-state index in [4.69, 9.17) is 11.6 Å². The third-order valence-corrected chi connectivity index (χ3v) is 4.20. The van der Waals surface area contributed by atoms with Gasteiger partial charge in [-0.2, -0.15) is 5.10 Å². The van der Waals surface area contributed by atoms with Crippen LogP contribution in [0.15, 0.2) is 65.8 Å². The Morgan fingerprint density at radius 1 is 1.12 bits per heavy atom. The Balaban J connectivity index is 1.78. The minimum Gasteiger partial charge on any atom is -0.320 e. The van der Waals surface area contributed by atoms with Crippen molar-refractivity contribution in [2.24, 2.45) is 0 Å². The van der Waals surface area contributed by atoms with Gasteiger partial charge in [0.2, 0.25) is 0 Å². The maximum Gasteiger partial charge on any atom is 0.261 e. The zero-order valence-corrected chi connectivity index (χ0v) is 14.1. The van der Waals surface area contributed by atoms with Crippen LogP contribution in [0.2, 0.25) is 5.02 Å². The van der Waals surface area contributed by atoms with Crippen LogP contribution in [0.3, 0.4) is 0 Å². The highest BCUT2D eigenvalue weighted by Gasteiger charge is 2.15. The van der Waals surface area contributed by atoms with E-state index >= 15 is 0 Å². The first kappa shape index (κ1) is 16.0. The lowest BCUT2D eigenvalue weighted by molar-refractivity contribution is 0.102. The number of amides is 1. The molecule has 8 heteroatoms. The molecule has 0 aliphatic carbocycles.